The molecule has 0 bridgehead atoms. The molecule has 2 aromatic rings. The van der Waals surface area contributed by atoms with Crippen molar-refractivity contribution in [3.05, 3.63) is 53.4 Å². The molecule has 2 aliphatic rings. The first-order valence-electron chi connectivity index (χ1n) is 9.94. The summed E-state index contributed by atoms with van der Waals surface area (Å²) in [6, 6.07) is 15.0. The van der Waals surface area contributed by atoms with Crippen molar-refractivity contribution in [3.63, 3.8) is 0 Å². The number of nitriles is 1. The van der Waals surface area contributed by atoms with Gasteiger partial charge >= 0.3 is 0 Å². The molecule has 136 valence electrons. The van der Waals surface area contributed by atoms with Crippen LogP contribution in [0.25, 0.3) is 0 Å². The van der Waals surface area contributed by atoms with Gasteiger partial charge in [-0.3, -0.25) is 4.90 Å². The monoisotopic (exact) mass is 349 g/mol. The molecule has 0 amide bonds. The van der Waals surface area contributed by atoms with Crippen molar-refractivity contribution in [1.29, 1.82) is 5.26 Å². The summed E-state index contributed by atoms with van der Waals surface area (Å²) < 4.78 is 5.63. The van der Waals surface area contributed by atoms with E-state index < -0.39 is 0 Å². The van der Waals surface area contributed by atoms with Gasteiger partial charge in [-0.2, -0.15) is 5.26 Å². The molecule has 1 saturated heterocycles. The maximum Gasteiger partial charge on any atom is 0.150 e. The van der Waals surface area contributed by atoms with Crippen molar-refractivity contribution >= 4 is 0 Å². The lowest BCUT2D eigenvalue weighted by atomic mass is 9.74. The molecular formula is C22H27N3O. The van der Waals surface area contributed by atoms with Gasteiger partial charge in [0.05, 0.1) is 23.7 Å². The number of aromatic nitrogens is 1. The van der Waals surface area contributed by atoms with E-state index in [4.69, 9.17) is 4.52 Å². The van der Waals surface area contributed by atoms with Crippen molar-refractivity contribution in [3.8, 4) is 6.07 Å². The van der Waals surface area contributed by atoms with Gasteiger partial charge in [-0.05, 0) is 31.2 Å². The van der Waals surface area contributed by atoms with E-state index in [0.29, 0.717) is 5.92 Å². The van der Waals surface area contributed by atoms with Crippen LogP contribution in [0.2, 0.25) is 0 Å². The lowest BCUT2D eigenvalue weighted by molar-refractivity contribution is 0.163. The van der Waals surface area contributed by atoms with E-state index in [2.05, 4.69) is 34.3 Å². The second-order valence-corrected chi connectivity index (χ2v) is 7.89. The number of hydrogen-bond donors (Lipinski definition) is 0. The Labute approximate surface area is 155 Å². The number of hydrogen-bond acceptors (Lipinski definition) is 4. The van der Waals surface area contributed by atoms with Crippen molar-refractivity contribution in [1.82, 2.24) is 10.1 Å². The smallest absolute Gasteiger partial charge is 0.150 e. The van der Waals surface area contributed by atoms with Crippen LogP contribution in [0.4, 0.5) is 0 Å². The highest BCUT2D eigenvalue weighted by atomic mass is 16.5. The van der Waals surface area contributed by atoms with Gasteiger partial charge in [0.1, 0.15) is 0 Å². The normalized spacial score (nSPS) is 21.3. The third-order valence-corrected chi connectivity index (χ3v) is 6.23. The lowest BCUT2D eigenvalue weighted by Crippen LogP contribution is -2.41. The first kappa shape index (κ1) is 17.3. The number of nitrogens with zero attached hydrogens (tertiary/aromatic N) is 3. The summed E-state index contributed by atoms with van der Waals surface area (Å²) in [6.07, 6.45) is 8.23. The molecular weight excluding hydrogens is 322 g/mol. The lowest BCUT2D eigenvalue weighted by Gasteiger charge is -2.37. The van der Waals surface area contributed by atoms with Gasteiger partial charge in [-0.15, -0.1) is 0 Å². The highest BCUT2D eigenvalue weighted by Gasteiger charge is 2.36. The van der Waals surface area contributed by atoms with Crippen LogP contribution in [-0.4, -0.2) is 23.1 Å². The summed E-state index contributed by atoms with van der Waals surface area (Å²) in [5, 5.41) is 14.2. The Morgan fingerprint density at radius 3 is 2.54 bits per heavy atom. The van der Waals surface area contributed by atoms with Gasteiger partial charge in [0.25, 0.3) is 0 Å². The van der Waals surface area contributed by atoms with E-state index in [-0.39, 0.29) is 5.41 Å². The summed E-state index contributed by atoms with van der Waals surface area (Å²) >= 11 is 0. The Morgan fingerprint density at radius 2 is 1.85 bits per heavy atom. The molecule has 0 radical (unpaired) electrons. The number of rotatable bonds is 4. The van der Waals surface area contributed by atoms with Crippen LogP contribution >= 0.6 is 0 Å². The highest BCUT2D eigenvalue weighted by molar-refractivity contribution is 5.33. The van der Waals surface area contributed by atoms with Gasteiger partial charge in [0, 0.05) is 25.1 Å². The molecule has 4 heteroatoms. The molecule has 0 unspecified atom stereocenters. The molecule has 4 nitrogen and oxygen atoms in total. The molecule has 1 aromatic heterocycles. The Hall–Kier alpha value is -2.12. The van der Waals surface area contributed by atoms with Crippen LogP contribution in [0.15, 0.2) is 40.9 Å². The fraction of sp³-hybridized carbons (Fsp3) is 0.545. The molecule has 0 atom stereocenters. The van der Waals surface area contributed by atoms with Gasteiger partial charge < -0.3 is 4.52 Å². The fourth-order valence-corrected chi connectivity index (χ4v) is 4.53. The summed E-state index contributed by atoms with van der Waals surface area (Å²) in [7, 11) is 0. The zero-order valence-corrected chi connectivity index (χ0v) is 15.4. The quantitative estimate of drug-likeness (QED) is 0.797. The molecule has 0 spiro atoms. The van der Waals surface area contributed by atoms with E-state index in [1.165, 1.54) is 32.1 Å². The Kier molecular flexibility index (Phi) is 5.08. The molecule has 1 aliphatic carbocycles. The van der Waals surface area contributed by atoms with Crippen LogP contribution in [0.1, 0.15) is 67.9 Å². The molecule has 2 fully saturated rings. The molecule has 2 heterocycles. The van der Waals surface area contributed by atoms with Crippen LogP contribution < -0.4 is 0 Å². The van der Waals surface area contributed by atoms with Crippen molar-refractivity contribution in [2.75, 3.05) is 13.1 Å². The Bertz CT molecular complexity index is 747. The summed E-state index contributed by atoms with van der Waals surface area (Å²) in [5.74, 6) is 1.56. The maximum absolute atomic E-state index is 9.82. The van der Waals surface area contributed by atoms with E-state index in [9.17, 15) is 5.26 Å². The first-order valence-corrected chi connectivity index (χ1v) is 9.94. The molecule has 26 heavy (non-hydrogen) atoms. The third-order valence-electron chi connectivity index (χ3n) is 6.23. The van der Waals surface area contributed by atoms with E-state index >= 15 is 0 Å². The van der Waals surface area contributed by atoms with Gasteiger partial charge in [0.2, 0.25) is 0 Å². The minimum atomic E-state index is -0.341. The van der Waals surface area contributed by atoms with Gasteiger partial charge in [-0.25, -0.2) is 0 Å². The summed E-state index contributed by atoms with van der Waals surface area (Å²) in [4.78, 5) is 2.39. The second kappa shape index (κ2) is 7.63. The van der Waals surface area contributed by atoms with Crippen LogP contribution in [0.5, 0.6) is 0 Å². The van der Waals surface area contributed by atoms with E-state index in [1.807, 2.05) is 18.2 Å². The Morgan fingerprint density at radius 1 is 1.12 bits per heavy atom. The van der Waals surface area contributed by atoms with Crippen molar-refractivity contribution in [2.45, 2.75) is 62.8 Å². The molecule has 1 aromatic carbocycles. The standard InChI is InChI=1S/C22H27N3O/c23-17-22(19-9-5-2-6-10-19)11-13-25(14-12-22)16-20-15-21(24-26-20)18-7-3-1-4-8-18/h2,5-6,9-10,15,18H,1,3-4,7-8,11-14,16H2. The van der Waals surface area contributed by atoms with Gasteiger partial charge in [0.15, 0.2) is 5.76 Å². The largest absolute Gasteiger partial charge is 0.360 e. The number of benzene rings is 1. The topological polar surface area (TPSA) is 53.1 Å². The van der Waals surface area contributed by atoms with Crippen molar-refractivity contribution < 1.29 is 4.52 Å². The molecule has 4 rings (SSSR count). The zero-order valence-electron chi connectivity index (χ0n) is 15.4. The average molecular weight is 349 g/mol. The predicted octanol–water partition coefficient (Wildman–Crippen LogP) is 4.78. The highest BCUT2D eigenvalue weighted by Crippen LogP contribution is 2.36. The maximum atomic E-state index is 9.82. The van der Waals surface area contributed by atoms with Crippen LogP contribution in [-0.2, 0) is 12.0 Å². The SMILES string of the molecule is N#CC1(c2ccccc2)CCN(Cc2cc(C3CCCCC3)no2)CC1. The second-order valence-electron chi connectivity index (χ2n) is 7.89. The summed E-state index contributed by atoms with van der Waals surface area (Å²) in [5.41, 5.74) is 1.96. The minimum Gasteiger partial charge on any atom is -0.360 e. The minimum absolute atomic E-state index is 0.341. The number of piperidine rings is 1. The summed E-state index contributed by atoms with van der Waals surface area (Å²) in [6.45, 7) is 2.64. The third kappa shape index (κ3) is 3.54. The van der Waals surface area contributed by atoms with Gasteiger partial charge in [-0.1, -0.05) is 54.8 Å². The fourth-order valence-electron chi connectivity index (χ4n) is 4.53. The van der Waals surface area contributed by atoms with Crippen LogP contribution in [0.3, 0.4) is 0 Å². The van der Waals surface area contributed by atoms with E-state index in [1.54, 1.807) is 0 Å². The zero-order chi connectivity index (χ0) is 17.8. The molecule has 1 saturated carbocycles. The first-order chi connectivity index (χ1) is 12.8. The Balaban J connectivity index is 1.37. The van der Waals surface area contributed by atoms with E-state index in [0.717, 1.165) is 49.5 Å². The van der Waals surface area contributed by atoms with Crippen molar-refractivity contribution in [2.24, 2.45) is 0 Å². The average Bonchev–Trinajstić information content (AvgIpc) is 3.19. The molecule has 1 aliphatic heterocycles. The van der Waals surface area contributed by atoms with Crippen LogP contribution in [0, 0.1) is 11.3 Å². The predicted molar refractivity (Wildman–Crippen MR) is 101 cm³/mol. The molecule has 0 N–H and O–H groups in total. The number of likely N-dealkylation sites (tertiary alicyclic amines) is 1.